The summed E-state index contributed by atoms with van der Waals surface area (Å²) >= 11 is 0. The first-order valence-corrected chi connectivity index (χ1v) is 11.6. The monoisotopic (exact) mass is 436 g/mol. The summed E-state index contributed by atoms with van der Waals surface area (Å²) in [6.45, 7) is 0.618. The number of carbonyl (C=O) groups is 2. The molecule has 2 N–H and O–H groups in total. The van der Waals surface area contributed by atoms with Gasteiger partial charge in [-0.05, 0) is 67.3 Å². The Morgan fingerprint density at radius 3 is 2.44 bits per heavy atom. The van der Waals surface area contributed by atoms with Gasteiger partial charge in [0.15, 0.2) is 0 Å². The molecule has 0 spiro atoms. The van der Waals surface area contributed by atoms with Crippen molar-refractivity contribution < 1.29 is 19.1 Å². The van der Waals surface area contributed by atoms with Gasteiger partial charge in [0.1, 0.15) is 11.4 Å². The zero-order valence-electron chi connectivity index (χ0n) is 18.1. The number of benzene rings is 2. The lowest BCUT2D eigenvalue weighted by Gasteiger charge is -2.34. The van der Waals surface area contributed by atoms with Crippen molar-refractivity contribution in [2.75, 3.05) is 6.54 Å². The number of carbonyl (C=O) groups excluding carboxylic acids is 2. The summed E-state index contributed by atoms with van der Waals surface area (Å²) in [4.78, 5) is 27.6. The normalized spacial score (nSPS) is 24.1. The number of aliphatic hydroxyl groups is 1. The predicted molar refractivity (Wildman–Crippen MR) is 119 cm³/mol. The van der Waals surface area contributed by atoms with Crippen molar-refractivity contribution in [2.24, 2.45) is 5.92 Å². The maximum Gasteiger partial charge on any atom is 0.252 e. The van der Waals surface area contributed by atoms with E-state index in [0.29, 0.717) is 32.2 Å². The van der Waals surface area contributed by atoms with Gasteiger partial charge in [-0.15, -0.1) is 0 Å². The molecule has 32 heavy (non-hydrogen) atoms. The molecule has 2 atom stereocenters. The molecule has 3 aliphatic rings. The van der Waals surface area contributed by atoms with Gasteiger partial charge >= 0.3 is 0 Å². The topological polar surface area (TPSA) is 69.6 Å². The van der Waals surface area contributed by atoms with Gasteiger partial charge in [0.2, 0.25) is 5.91 Å². The van der Waals surface area contributed by atoms with Crippen molar-refractivity contribution in [3.05, 3.63) is 59.9 Å². The number of likely N-dealkylation sites (tertiary alicyclic amines) is 1. The van der Waals surface area contributed by atoms with Gasteiger partial charge in [-0.25, -0.2) is 4.39 Å². The van der Waals surface area contributed by atoms with Crippen LogP contribution in [-0.4, -0.2) is 46.1 Å². The predicted octanol–water partition coefficient (Wildman–Crippen LogP) is 3.45. The van der Waals surface area contributed by atoms with E-state index in [1.165, 1.54) is 12.1 Å². The minimum atomic E-state index is -1.23. The third kappa shape index (κ3) is 4.16. The van der Waals surface area contributed by atoms with Gasteiger partial charge in [0.05, 0.1) is 12.1 Å². The largest absolute Gasteiger partial charge is 0.380 e. The molecule has 0 bridgehead atoms. The zero-order chi connectivity index (χ0) is 22.3. The first-order chi connectivity index (χ1) is 15.4. The van der Waals surface area contributed by atoms with E-state index in [1.807, 2.05) is 35.2 Å². The molecule has 3 fully saturated rings. The first kappa shape index (κ1) is 21.1. The van der Waals surface area contributed by atoms with E-state index < -0.39 is 5.60 Å². The standard InChI is InChI=1S/C26H29FN2O3/c27-21-9-3-8-20(16-21)19-7-1-4-17(14-19)15-23-22(28-25(31)26(32)11-12-26)10-13-29(23)24(30)18-5-2-6-18/h1,3-4,7-9,14,16,18,22-23,32H,2,5-6,10-13,15H2,(H,28,31)/t22-,23-/m0/s1. The molecule has 0 radical (unpaired) electrons. The van der Waals surface area contributed by atoms with Crippen molar-refractivity contribution in [3.63, 3.8) is 0 Å². The average molecular weight is 437 g/mol. The van der Waals surface area contributed by atoms with E-state index in [1.54, 1.807) is 6.07 Å². The second kappa shape index (κ2) is 8.32. The van der Waals surface area contributed by atoms with Gasteiger partial charge < -0.3 is 15.3 Å². The van der Waals surface area contributed by atoms with E-state index in [4.69, 9.17) is 0 Å². The summed E-state index contributed by atoms with van der Waals surface area (Å²) in [7, 11) is 0. The number of halogens is 1. The van der Waals surface area contributed by atoms with E-state index in [-0.39, 0.29) is 35.6 Å². The highest BCUT2D eigenvalue weighted by molar-refractivity contribution is 5.88. The number of hydrogen-bond acceptors (Lipinski definition) is 3. The van der Waals surface area contributed by atoms with Crippen molar-refractivity contribution in [1.82, 2.24) is 10.2 Å². The van der Waals surface area contributed by atoms with Gasteiger partial charge in [-0.3, -0.25) is 9.59 Å². The molecule has 2 aliphatic carbocycles. The van der Waals surface area contributed by atoms with Crippen LogP contribution in [0.5, 0.6) is 0 Å². The summed E-state index contributed by atoms with van der Waals surface area (Å²) in [5.41, 5.74) is 1.54. The average Bonchev–Trinajstić information content (AvgIpc) is 3.38. The zero-order valence-corrected chi connectivity index (χ0v) is 18.1. The molecule has 2 aromatic carbocycles. The summed E-state index contributed by atoms with van der Waals surface area (Å²) in [5.74, 6) is -0.316. The molecule has 1 aliphatic heterocycles. The molecule has 1 saturated heterocycles. The fourth-order valence-electron chi connectivity index (χ4n) is 4.87. The molecule has 0 aromatic heterocycles. The number of nitrogens with zero attached hydrogens (tertiary/aromatic N) is 1. The maximum absolute atomic E-state index is 13.7. The van der Waals surface area contributed by atoms with Gasteiger partial charge in [-0.1, -0.05) is 42.8 Å². The van der Waals surface area contributed by atoms with Gasteiger partial charge in [-0.2, -0.15) is 0 Å². The molecule has 2 aromatic rings. The van der Waals surface area contributed by atoms with Crippen LogP contribution in [0.25, 0.3) is 11.1 Å². The minimum absolute atomic E-state index is 0.0956. The molecule has 2 amide bonds. The Balaban J connectivity index is 1.38. The highest BCUT2D eigenvalue weighted by Gasteiger charge is 2.50. The first-order valence-electron chi connectivity index (χ1n) is 11.6. The molecule has 5 nitrogen and oxygen atoms in total. The van der Waals surface area contributed by atoms with Crippen LogP contribution in [0, 0.1) is 11.7 Å². The second-order valence-corrected chi connectivity index (χ2v) is 9.54. The van der Waals surface area contributed by atoms with Gasteiger partial charge in [0, 0.05) is 12.5 Å². The number of hydrogen-bond donors (Lipinski definition) is 2. The van der Waals surface area contributed by atoms with Crippen molar-refractivity contribution >= 4 is 11.8 Å². The quantitative estimate of drug-likeness (QED) is 0.729. The molecule has 1 heterocycles. The van der Waals surface area contributed by atoms with Crippen molar-refractivity contribution in [1.29, 1.82) is 0 Å². The molecule has 5 rings (SSSR count). The fourth-order valence-corrected chi connectivity index (χ4v) is 4.87. The number of nitrogens with one attached hydrogen (secondary N) is 1. The summed E-state index contributed by atoms with van der Waals surface area (Å²) in [6, 6.07) is 14.1. The van der Waals surface area contributed by atoms with Crippen molar-refractivity contribution in [3.8, 4) is 11.1 Å². The number of rotatable bonds is 6. The number of amides is 2. The van der Waals surface area contributed by atoms with Crippen molar-refractivity contribution in [2.45, 2.75) is 62.6 Å². The Morgan fingerprint density at radius 2 is 1.78 bits per heavy atom. The van der Waals surface area contributed by atoms with Crippen LogP contribution in [0.1, 0.15) is 44.1 Å². The highest BCUT2D eigenvalue weighted by Crippen LogP contribution is 2.37. The smallest absolute Gasteiger partial charge is 0.252 e. The van der Waals surface area contributed by atoms with E-state index in [9.17, 15) is 19.1 Å². The van der Waals surface area contributed by atoms with Crippen LogP contribution in [0.4, 0.5) is 4.39 Å². The van der Waals surface area contributed by atoms with Crippen LogP contribution >= 0.6 is 0 Å². The van der Waals surface area contributed by atoms with Crippen LogP contribution < -0.4 is 5.32 Å². The molecule has 0 unspecified atom stereocenters. The highest BCUT2D eigenvalue weighted by atomic mass is 19.1. The Bertz CT molecular complexity index is 1030. The maximum atomic E-state index is 13.7. The Kier molecular flexibility index (Phi) is 5.49. The van der Waals surface area contributed by atoms with Crippen LogP contribution in [-0.2, 0) is 16.0 Å². The third-order valence-electron chi connectivity index (χ3n) is 7.28. The van der Waals surface area contributed by atoms with Gasteiger partial charge in [0.25, 0.3) is 5.91 Å². The van der Waals surface area contributed by atoms with Crippen LogP contribution in [0.15, 0.2) is 48.5 Å². The van der Waals surface area contributed by atoms with Crippen LogP contribution in [0.3, 0.4) is 0 Å². The van der Waals surface area contributed by atoms with E-state index in [0.717, 1.165) is 36.0 Å². The molecule has 168 valence electrons. The third-order valence-corrected chi connectivity index (χ3v) is 7.28. The van der Waals surface area contributed by atoms with E-state index in [2.05, 4.69) is 5.32 Å². The Hall–Kier alpha value is -2.73. The lowest BCUT2D eigenvalue weighted by Crippen LogP contribution is -2.52. The lowest BCUT2D eigenvalue weighted by molar-refractivity contribution is -0.140. The molecular formula is C26H29FN2O3. The van der Waals surface area contributed by atoms with E-state index >= 15 is 0 Å². The Labute approximate surface area is 187 Å². The summed E-state index contributed by atoms with van der Waals surface area (Å²) in [5, 5.41) is 13.2. The second-order valence-electron chi connectivity index (χ2n) is 9.54. The molecular weight excluding hydrogens is 407 g/mol. The van der Waals surface area contributed by atoms with Crippen LogP contribution in [0.2, 0.25) is 0 Å². The summed E-state index contributed by atoms with van der Waals surface area (Å²) < 4.78 is 13.7. The summed E-state index contributed by atoms with van der Waals surface area (Å²) in [6.07, 6.45) is 5.26. The Morgan fingerprint density at radius 1 is 1.06 bits per heavy atom. The lowest BCUT2D eigenvalue weighted by atomic mass is 9.84. The fraction of sp³-hybridized carbons (Fsp3) is 0.462. The molecule has 2 saturated carbocycles. The SMILES string of the molecule is O=C(C1CCC1)N1CC[C@H](NC(=O)C2(O)CC2)[C@@H]1Cc1cccc(-c2cccc(F)c2)c1. The minimum Gasteiger partial charge on any atom is -0.380 e. The molecule has 6 heteroatoms.